The fraction of sp³-hybridized carbons (Fsp3) is 0.222. The molecule has 0 radical (unpaired) electrons. The second-order valence-electron chi connectivity index (χ2n) is 5.75. The SMILES string of the molecule is CC(=O)c1cccc(NC(=O)CCN(c2ccc(F)cc2)S(C)(=O)=O)c1. The molecule has 0 fully saturated rings. The van der Waals surface area contributed by atoms with E-state index in [0.717, 1.165) is 22.7 Å². The number of nitrogens with zero attached hydrogens (tertiary/aromatic N) is 1. The molecule has 1 amide bonds. The monoisotopic (exact) mass is 378 g/mol. The summed E-state index contributed by atoms with van der Waals surface area (Å²) in [5, 5.41) is 2.63. The number of amides is 1. The maximum Gasteiger partial charge on any atom is 0.232 e. The van der Waals surface area contributed by atoms with Gasteiger partial charge in [0.2, 0.25) is 15.9 Å². The zero-order valence-corrected chi connectivity index (χ0v) is 15.2. The van der Waals surface area contributed by atoms with E-state index in [9.17, 15) is 22.4 Å². The van der Waals surface area contributed by atoms with E-state index >= 15 is 0 Å². The number of carbonyl (C=O) groups excluding carboxylic acids is 2. The average Bonchev–Trinajstić information content (AvgIpc) is 2.55. The minimum atomic E-state index is -3.63. The number of ketones is 1. The minimum Gasteiger partial charge on any atom is -0.326 e. The van der Waals surface area contributed by atoms with Crippen molar-refractivity contribution < 1.29 is 22.4 Å². The van der Waals surface area contributed by atoms with Crippen LogP contribution in [0.15, 0.2) is 48.5 Å². The molecule has 0 bridgehead atoms. The maximum atomic E-state index is 13.0. The maximum absolute atomic E-state index is 13.0. The highest BCUT2D eigenvalue weighted by Gasteiger charge is 2.18. The molecule has 0 heterocycles. The van der Waals surface area contributed by atoms with E-state index < -0.39 is 21.7 Å². The van der Waals surface area contributed by atoms with Crippen molar-refractivity contribution in [2.75, 3.05) is 22.4 Å². The second-order valence-corrected chi connectivity index (χ2v) is 7.65. The molecule has 2 rings (SSSR count). The molecule has 0 aliphatic heterocycles. The summed E-state index contributed by atoms with van der Waals surface area (Å²) in [4.78, 5) is 23.5. The van der Waals surface area contributed by atoms with Gasteiger partial charge in [0.25, 0.3) is 0 Å². The van der Waals surface area contributed by atoms with Gasteiger partial charge in [0.05, 0.1) is 11.9 Å². The molecule has 26 heavy (non-hydrogen) atoms. The molecule has 0 atom stereocenters. The molecule has 138 valence electrons. The molecule has 0 saturated heterocycles. The zero-order valence-electron chi connectivity index (χ0n) is 14.4. The van der Waals surface area contributed by atoms with Crippen molar-refractivity contribution >= 4 is 33.1 Å². The molecule has 0 aliphatic carbocycles. The third-order valence-electron chi connectivity index (χ3n) is 3.61. The van der Waals surface area contributed by atoms with Gasteiger partial charge in [0.1, 0.15) is 5.82 Å². The summed E-state index contributed by atoms with van der Waals surface area (Å²) in [7, 11) is -3.63. The van der Waals surface area contributed by atoms with Crippen molar-refractivity contribution in [1.82, 2.24) is 0 Å². The van der Waals surface area contributed by atoms with Gasteiger partial charge in [-0.1, -0.05) is 12.1 Å². The fourth-order valence-electron chi connectivity index (χ4n) is 2.34. The van der Waals surface area contributed by atoms with Crippen molar-refractivity contribution in [3.63, 3.8) is 0 Å². The Morgan fingerprint density at radius 2 is 1.77 bits per heavy atom. The molecule has 0 aromatic heterocycles. The Hall–Kier alpha value is -2.74. The van der Waals surface area contributed by atoms with Crippen LogP contribution in [0, 0.1) is 5.82 Å². The van der Waals surface area contributed by atoms with Gasteiger partial charge >= 0.3 is 0 Å². The molecule has 0 saturated carbocycles. The molecule has 6 nitrogen and oxygen atoms in total. The highest BCUT2D eigenvalue weighted by atomic mass is 32.2. The lowest BCUT2D eigenvalue weighted by Gasteiger charge is -2.22. The van der Waals surface area contributed by atoms with Crippen LogP contribution in [0.1, 0.15) is 23.7 Å². The number of hydrogen-bond acceptors (Lipinski definition) is 4. The van der Waals surface area contributed by atoms with Gasteiger partial charge < -0.3 is 5.32 Å². The van der Waals surface area contributed by atoms with Gasteiger partial charge in [-0.3, -0.25) is 13.9 Å². The largest absolute Gasteiger partial charge is 0.326 e. The van der Waals surface area contributed by atoms with E-state index in [0.29, 0.717) is 11.3 Å². The summed E-state index contributed by atoms with van der Waals surface area (Å²) < 4.78 is 38.0. The molecular formula is C18H19FN2O4S. The Labute approximate surface area is 151 Å². The number of Topliss-reactive ketones (excluding diaryl/α,β-unsaturated/α-hetero) is 1. The smallest absolute Gasteiger partial charge is 0.232 e. The quantitative estimate of drug-likeness (QED) is 0.751. The molecule has 2 aromatic rings. The molecule has 0 unspecified atom stereocenters. The van der Waals surface area contributed by atoms with Crippen LogP contribution in [0.25, 0.3) is 0 Å². The Morgan fingerprint density at radius 1 is 1.12 bits per heavy atom. The van der Waals surface area contributed by atoms with Crippen LogP contribution in [0.5, 0.6) is 0 Å². The van der Waals surface area contributed by atoms with Crippen molar-refractivity contribution in [1.29, 1.82) is 0 Å². The lowest BCUT2D eigenvalue weighted by Crippen LogP contribution is -2.33. The predicted octanol–water partition coefficient (Wildman–Crippen LogP) is 2.82. The number of nitrogens with one attached hydrogen (secondary N) is 1. The first-order chi connectivity index (χ1) is 12.2. The van der Waals surface area contributed by atoms with Gasteiger partial charge in [-0.05, 0) is 43.3 Å². The second kappa shape index (κ2) is 8.09. The van der Waals surface area contributed by atoms with Gasteiger partial charge in [0.15, 0.2) is 5.78 Å². The molecule has 8 heteroatoms. The Balaban J connectivity index is 2.06. The van der Waals surface area contributed by atoms with Crippen LogP contribution in [0.2, 0.25) is 0 Å². The standard InChI is InChI=1S/C18H19FN2O4S/c1-13(22)14-4-3-5-16(12-14)20-18(23)10-11-21(26(2,24)25)17-8-6-15(19)7-9-17/h3-9,12H,10-11H2,1-2H3,(H,20,23). The highest BCUT2D eigenvalue weighted by Crippen LogP contribution is 2.19. The fourth-order valence-corrected chi connectivity index (χ4v) is 3.26. The van der Waals surface area contributed by atoms with Crippen molar-refractivity contribution in [3.8, 4) is 0 Å². The zero-order chi connectivity index (χ0) is 19.3. The number of anilines is 2. The number of benzene rings is 2. The lowest BCUT2D eigenvalue weighted by atomic mass is 10.1. The molecule has 2 aromatic carbocycles. The average molecular weight is 378 g/mol. The lowest BCUT2D eigenvalue weighted by molar-refractivity contribution is -0.116. The third-order valence-corrected chi connectivity index (χ3v) is 4.80. The number of carbonyl (C=O) groups is 2. The Bertz CT molecular complexity index is 911. The number of hydrogen-bond donors (Lipinski definition) is 1. The highest BCUT2D eigenvalue weighted by molar-refractivity contribution is 7.92. The first kappa shape index (κ1) is 19.6. The number of sulfonamides is 1. The van der Waals surface area contributed by atoms with Crippen molar-refractivity contribution in [3.05, 3.63) is 59.9 Å². The summed E-state index contributed by atoms with van der Waals surface area (Å²) in [6.45, 7) is 1.33. The third kappa shape index (κ3) is 5.38. The summed E-state index contributed by atoms with van der Waals surface area (Å²) in [6, 6.07) is 11.5. The van der Waals surface area contributed by atoms with E-state index in [1.807, 2.05) is 0 Å². The van der Waals surface area contributed by atoms with Crippen LogP contribution in [0.3, 0.4) is 0 Å². The van der Waals surface area contributed by atoms with E-state index in [4.69, 9.17) is 0 Å². The summed E-state index contributed by atoms with van der Waals surface area (Å²) >= 11 is 0. The van der Waals surface area contributed by atoms with Crippen LogP contribution in [0.4, 0.5) is 15.8 Å². The van der Waals surface area contributed by atoms with Crippen LogP contribution < -0.4 is 9.62 Å². The van der Waals surface area contributed by atoms with Gasteiger partial charge in [-0.25, -0.2) is 12.8 Å². The van der Waals surface area contributed by atoms with E-state index in [-0.39, 0.29) is 24.4 Å². The molecular weight excluding hydrogens is 359 g/mol. The van der Waals surface area contributed by atoms with Crippen LogP contribution >= 0.6 is 0 Å². The summed E-state index contributed by atoms with van der Waals surface area (Å²) in [6.07, 6.45) is 0.916. The summed E-state index contributed by atoms with van der Waals surface area (Å²) in [5.41, 5.74) is 1.20. The molecule has 0 spiro atoms. The van der Waals surface area contributed by atoms with E-state index in [2.05, 4.69) is 5.32 Å². The van der Waals surface area contributed by atoms with E-state index in [1.54, 1.807) is 24.3 Å². The first-order valence-electron chi connectivity index (χ1n) is 7.81. The molecule has 1 N–H and O–H groups in total. The predicted molar refractivity (Wildman–Crippen MR) is 98.3 cm³/mol. The topological polar surface area (TPSA) is 83.6 Å². The Kier molecular flexibility index (Phi) is 6.10. The van der Waals surface area contributed by atoms with Gasteiger partial charge in [0, 0.05) is 24.2 Å². The van der Waals surface area contributed by atoms with Crippen LogP contribution in [-0.4, -0.2) is 32.9 Å². The Morgan fingerprint density at radius 3 is 2.35 bits per heavy atom. The number of halogens is 1. The van der Waals surface area contributed by atoms with Crippen LogP contribution in [-0.2, 0) is 14.8 Å². The van der Waals surface area contributed by atoms with Crippen molar-refractivity contribution in [2.24, 2.45) is 0 Å². The van der Waals surface area contributed by atoms with E-state index in [1.165, 1.54) is 19.1 Å². The number of rotatable bonds is 7. The molecule has 0 aliphatic rings. The van der Waals surface area contributed by atoms with Gasteiger partial charge in [-0.2, -0.15) is 0 Å². The normalized spacial score (nSPS) is 11.0. The van der Waals surface area contributed by atoms with Crippen molar-refractivity contribution in [2.45, 2.75) is 13.3 Å². The first-order valence-corrected chi connectivity index (χ1v) is 9.66. The summed E-state index contributed by atoms with van der Waals surface area (Å²) in [5.74, 6) is -1.01. The van der Waals surface area contributed by atoms with Gasteiger partial charge in [-0.15, -0.1) is 0 Å². The minimum absolute atomic E-state index is 0.0945.